The van der Waals surface area contributed by atoms with Gasteiger partial charge in [0.2, 0.25) is 0 Å². The number of hydrogen-bond donors (Lipinski definition) is 1. The number of esters is 1. The highest BCUT2D eigenvalue weighted by molar-refractivity contribution is 7.98. The molecule has 0 aliphatic carbocycles. The van der Waals surface area contributed by atoms with Gasteiger partial charge in [0, 0.05) is 4.90 Å². The Kier molecular flexibility index (Phi) is 8.63. The van der Waals surface area contributed by atoms with Crippen LogP contribution in [-0.2, 0) is 9.53 Å². The van der Waals surface area contributed by atoms with Crippen LogP contribution in [-0.4, -0.2) is 39.0 Å². The molecule has 172 valence electrons. The van der Waals surface area contributed by atoms with E-state index in [1.807, 2.05) is 60.9 Å². The predicted molar refractivity (Wildman–Crippen MR) is 129 cm³/mol. The van der Waals surface area contributed by atoms with Crippen LogP contribution in [0.15, 0.2) is 71.6 Å². The zero-order valence-corrected chi connectivity index (χ0v) is 20.0. The van der Waals surface area contributed by atoms with E-state index in [9.17, 15) is 9.59 Å². The Hall–Kier alpha value is -3.16. The van der Waals surface area contributed by atoms with Gasteiger partial charge in [0.1, 0.15) is 11.5 Å². The molecule has 1 N–H and O–H groups in total. The summed E-state index contributed by atoms with van der Waals surface area (Å²) in [5.74, 6) is 0.308. The first kappa shape index (κ1) is 24.5. The van der Waals surface area contributed by atoms with E-state index in [0.29, 0.717) is 11.5 Å². The van der Waals surface area contributed by atoms with Crippen molar-refractivity contribution in [2.24, 2.45) is 0 Å². The molecule has 0 spiro atoms. The van der Waals surface area contributed by atoms with E-state index in [0.717, 1.165) is 16.0 Å². The number of benzene rings is 3. The van der Waals surface area contributed by atoms with Crippen LogP contribution in [0.25, 0.3) is 0 Å². The molecule has 33 heavy (non-hydrogen) atoms. The van der Waals surface area contributed by atoms with E-state index in [-0.39, 0.29) is 10.6 Å². The van der Waals surface area contributed by atoms with Crippen molar-refractivity contribution in [2.75, 3.05) is 27.1 Å². The summed E-state index contributed by atoms with van der Waals surface area (Å²) in [7, 11) is 3.18. The normalized spacial score (nSPS) is 10.6. The van der Waals surface area contributed by atoms with Crippen LogP contribution in [0.4, 0.5) is 0 Å². The van der Waals surface area contributed by atoms with E-state index in [2.05, 4.69) is 5.32 Å². The number of carbonyl (C=O) groups is 2. The van der Waals surface area contributed by atoms with Crippen LogP contribution >= 0.6 is 23.4 Å². The maximum Gasteiger partial charge on any atom is 0.340 e. The van der Waals surface area contributed by atoms with Gasteiger partial charge in [0.15, 0.2) is 6.61 Å². The Morgan fingerprint density at radius 3 is 1.94 bits per heavy atom. The van der Waals surface area contributed by atoms with Crippen LogP contribution in [0.2, 0.25) is 5.02 Å². The van der Waals surface area contributed by atoms with Crippen LogP contribution in [0.3, 0.4) is 0 Å². The lowest BCUT2D eigenvalue weighted by Gasteiger charge is -2.20. The molecule has 0 aliphatic heterocycles. The molecule has 0 heterocycles. The number of ether oxygens (including phenoxy) is 3. The van der Waals surface area contributed by atoms with Gasteiger partial charge in [0.05, 0.1) is 30.8 Å². The molecule has 0 atom stereocenters. The summed E-state index contributed by atoms with van der Waals surface area (Å²) < 4.78 is 15.7. The molecule has 0 saturated heterocycles. The predicted octanol–water partition coefficient (Wildman–Crippen LogP) is 5.14. The van der Waals surface area contributed by atoms with Gasteiger partial charge >= 0.3 is 5.97 Å². The molecule has 0 fully saturated rings. The minimum atomic E-state index is -0.656. The van der Waals surface area contributed by atoms with Crippen molar-refractivity contribution in [2.45, 2.75) is 10.9 Å². The average molecular weight is 486 g/mol. The Balaban J connectivity index is 1.74. The Bertz CT molecular complexity index is 1060. The van der Waals surface area contributed by atoms with Crippen LogP contribution in [0.1, 0.15) is 27.5 Å². The number of halogens is 1. The number of thioether (sulfide) groups is 1. The minimum Gasteiger partial charge on any atom is -0.497 e. The number of hydrogen-bond acceptors (Lipinski definition) is 6. The Morgan fingerprint density at radius 2 is 1.45 bits per heavy atom. The van der Waals surface area contributed by atoms with Gasteiger partial charge in [0.25, 0.3) is 5.91 Å². The Labute approximate surface area is 202 Å². The largest absolute Gasteiger partial charge is 0.497 e. The molecule has 0 radical (unpaired) electrons. The van der Waals surface area contributed by atoms with Crippen LogP contribution in [0.5, 0.6) is 11.5 Å². The molecule has 6 nitrogen and oxygen atoms in total. The second-order valence-corrected chi connectivity index (χ2v) is 8.26. The topological polar surface area (TPSA) is 73.9 Å². The Morgan fingerprint density at radius 1 is 0.909 bits per heavy atom. The monoisotopic (exact) mass is 485 g/mol. The minimum absolute atomic E-state index is 0.221. The van der Waals surface area contributed by atoms with Crippen molar-refractivity contribution < 1.29 is 23.8 Å². The number of rotatable bonds is 9. The van der Waals surface area contributed by atoms with Gasteiger partial charge in [-0.3, -0.25) is 4.79 Å². The first-order chi connectivity index (χ1) is 15.9. The highest BCUT2D eigenvalue weighted by Crippen LogP contribution is 2.26. The average Bonchev–Trinajstić information content (AvgIpc) is 2.86. The fourth-order valence-corrected chi connectivity index (χ4v) is 3.79. The third-order valence-corrected chi connectivity index (χ3v) is 5.99. The zero-order valence-electron chi connectivity index (χ0n) is 18.5. The van der Waals surface area contributed by atoms with E-state index in [1.165, 1.54) is 11.8 Å². The molecule has 3 aromatic rings. The zero-order chi connectivity index (χ0) is 23.8. The summed E-state index contributed by atoms with van der Waals surface area (Å²) in [5, 5.41) is 3.20. The second kappa shape index (κ2) is 11.6. The van der Waals surface area contributed by atoms with Gasteiger partial charge in [-0.2, -0.15) is 0 Å². The third-order valence-electron chi connectivity index (χ3n) is 4.93. The lowest BCUT2D eigenvalue weighted by molar-refractivity contribution is -0.124. The smallest absolute Gasteiger partial charge is 0.340 e. The number of carbonyl (C=O) groups excluding carboxylic acids is 2. The molecule has 3 aromatic carbocycles. The van der Waals surface area contributed by atoms with Crippen LogP contribution < -0.4 is 14.8 Å². The fraction of sp³-hybridized carbons (Fsp3) is 0.200. The van der Waals surface area contributed by atoms with E-state index in [1.54, 1.807) is 26.4 Å². The second-order valence-electron chi connectivity index (χ2n) is 6.97. The number of amides is 1. The van der Waals surface area contributed by atoms with Crippen LogP contribution in [0, 0.1) is 0 Å². The molecule has 0 bridgehead atoms. The van der Waals surface area contributed by atoms with Crippen molar-refractivity contribution in [1.82, 2.24) is 5.32 Å². The standard InChI is InChI=1S/C25H24ClNO5S/c1-30-18-8-4-16(5-9-18)24(17-6-10-19(31-2)11-7-17)27-23(28)15-32-25(29)21-14-20(33-3)12-13-22(21)26/h4-14,24H,15H2,1-3H3,(H,27,28). The number of nitrogens with one attached hydrogen (secondary N) is 1. The van der Waals surface area contributed by atoms with Crippen molar-refractivity contribution in [3.05, 3.63) is 88.4 Å². The summed E-state index contributed by atoms with van der Waals surface area (Å²) in [4.78, 5) is 26.1. The van der Waals surface area contributed by atoms with E-state index >= 15 is 0 Å². The van der Waals surface area contributed by atoms with Gasteiger partial charge < -0.3 is 19.5 Å². The third kappa shape index (κ3) is 6.43. The molecule has 0 unspecified atom stereocenters. The first-order valence-electron chi connectivity index (χ1n) is 10.0. The van der Waals surface area contributed by atoms with Crippen molar-refractivity contribution in [3.63, 3.8) is 0 Å². The number of methoxy groups -OCH3 is 2. The molecule has 1 amide bonds. The molecular weight excluding hydrogens is 462 g/mol. The van der Waals surface area contributed by atoms with Crippen molar-refractivity contribution in [1.29, 1.82) is 0 Å². The van der Waals surface area contributed by atoms with Gasteiger partial charge in [-0.05, 0) is 59.8 Å². The summed E-state index contributed by atoms with van der Waals surface area (Å²) in [6.07, 6.45) is 1.89. The highest BCUT2D eigenvalue weighted by atomic mass is 35.5. The lowest BCUT2D eigenvalue weighted by atomic mass is 9.98. The van der Waals surface area contributed by atoms with Crippen molar-refractivity contribution in [3.8, 4) is 11.5 Å². The molecule has 0 saturated carbocycles. The quantitative estimate of drug-likeness (QED) is 0.334. The fourth-order valence-electron chi connectivity index (χ4n) is 3.15. The molecule has 8 heteroatoms. The molecule has 0 aliphatic rings. The summed E-state index contributed by atoms with van der Waals surface area (Å²) >= 11 is 7.60. The lowest BCUT2D eigenvalue weighted by Crippen LogP contribution is -2.33. The molecule has 3 rings (SSSR count). The van der Waals surface area contributed by atoms with Crippen molar-refractivity contribution >= 4 is 35.2 Å². The van der Waals surface area contributed by atoms with Gasteiger partial charge in [-0.15, -0.1) is 11.8 Å². The van der Waals surface area contributed by atoms with Gasteiger partial charge in [-0.1, -0.05) is 35.9 Å². The summed E-state index contributed by atoms with van der Waals surface area (Å²) in [6.45, 7) is -0.443. The SMILES string of the molecule is COc1ccc(C(NC(=O)COC(=O)c2cc(SC)ccc2Cl)c2ccc(OC)cc2)cc1. The maximum atomic E-state index is 12.7. The first-order valence-corrected chi connectivity index (χ1v) is 11.6. The molecule has 0 aromatic heterocycles. The maximum absolute atomic E-state index is 12.7. The summed E-state index contributed by atoms with van der Waals surface area (Å²) in [6, 6.07) is 19.4. The summed E-state index contributed by atoms with van der Waals surface area (Å²) in [5.41, 5.74) is 1.91. The highest BCUT2D eigenvalue weighted by Gasteiger charge is 2.20. The molecular formula is C25H24ClNO5S. The van der Waals surface area contributed by atoms with Gasteiger partial charge in [-0.25, -0.2) is 4.79 Å². The van der Waals surface area contributed by atoms with E-state index in [4.69, 9.17) is 25.8 Å². The van der Waals surface area contributed by atoms with E-state index < -0.39 is 24.5 Å².